The van der Waals surface area contributed by atoms with Gasteiger partial charge in [0.15, 0.2) is 0 Å². The average molecular weight is 782 g/mol. The zero-order chi connectivity index (χ0) is 40.7. The predicted octanol–water partition coefficient (Wildman–Crippen LogP) is 13.8. The van der Waals surface area contributed by atoms with E-state index < -0.39 is 22.8 Å². The van der Waals surface area contributed by atoms with Gasteiger partial charge in [0.25, 0.3) is 0 Å². The minimum Gasteiger partial charge on any atom is -0.481 e. The van der Waals surface area contributed by atoms with Crippen molar-refractivity contribution in [1.29, 1.82) is 0 Å². The summed E-state index contributed by atoms with van der Waals surface area (Å²) in [6, 6.07) is 0. The predicted molar refractivity (Wildman–Crippen MR) is 234 cm³/mol. The molecule has 0 aliphatic carbocycles. The summed E-state index contributed by atoms with van der Waals surface area (Å²) in [5, 5.41) is 30.1. The number of aliphatic hydroxyl groups excluding tert-OH is 1. The monoisotopic (exact) mass is 782 g/mol. The molecule has 2 unspecified atom stereocenters. The molecule has 0 aromatic carbocycles. The van der Waals surface area contributed by atoms with Crippen LogP contribution >= 0.6 is 0 Å². The van der Waals surface area contributed by atoms with Crippen molar-refractivity contribution in [2.45, 2.75) is 246 Å². The molecule has 0 aliphatic heterocycles. The van der Waals surface area contributed by atoms with Crippen LogP contribution in [0.4, 0.5) is 0 Å². The maximum Gasteiger partial charge on any atom is 0.309 e. The third-order valence-electron chi connectivity index (χ3n) is 12.5. The lowest BCUT2D eigenvalue weighted by molar-refractivity contribution is -0.151. The normalized spacial score (nSPS) is 14.0. The maximum absolute atomic E-state index is 12.7. The number of aliphatic hydroxyl groups is 1. The van der Waals surface area contributed by atoms with Gasteiger partial charge in [-0.05, 0) is 64.5 Å². The summed E-state index contributed by atoms with van der Waals surface area (Å²) in [6.45, 7) is 12.8. The van der Waals surface area contributed by atoms with Gasteiger partial charge in [-0.3, -0.25) is 9.59 Å². The highest BCUT2D eigenvalue weighted by atomic mass is 16.5. The van der Waals surface area contributed by atoms with E-state index in [2.05, 4.69) is 32.6 Å². The van der Waals surface area contributed by atoms with Gasteiger partial charge in [0.1, 0.15) is 0 Å². The maximum atomic E-state index is 12.7. The molecule has 0 rings (SSSR count). The van der Waals surface area contributed by atoms with Gasteiger partial charge in [-0.1, -0.05) is 195 Å². The van der Waals surface area contributed by atoms with Gasteiger partial charge in [0.05, 0.1) is 30.7 Å². The summed E-state index contributed by atoms with van der Waals surface area (Å²) in [4.78, 5) is 28.0. The smallest absolute Gasteiger partial charge is 0.309 e. The van der Waals surface area contributed by atoms with E-state index >= 15 is 0 Å². The summed E-state index contributed by atoms with van der Waals surface area (Å²) >= 11 is 0. The van der Waals surface area contributed by atoms with E-state index in [0.29, 0.717) is 13.2 Å². The van der Waals surface area contributed by atoms with Crippen molar-refractivity contribution >= 4 is 11.9 Å². The Morgan fingerprint density at radius 3 is 0.964 bits per heavy atom. The lowest BCUT2D eigenvalue weighted by Gasteiger charge is -2.30. The van der Waals surface area contributed by atoms with E-state index in [0.717, 1.165) is 161 Å². The fourth-order valence-electron chi connectivity index (χ4n) is 8.66. The van der Waals surface area contributed by atoms with Gasteiger partial charge >= 0.3 is 11.9 Å². The number of hydrogen-bond acceptors (Lipinski definition) is 5. The van der Waals surface area contributed by atoms with Crippen molar-refractivity contribution in [3.63, 3.8) is 0 Å². The highest BCUT2D eigenvalue weighted by Gasteiger charge is 2.37. The SMILES string of the molecule is CCCCCCCCC(CCCCCC)(CCCCCCN(CCCCCCC(CCCCCC)(CCCCCCCC)C(=O)O)CCOCCO)C(=O)O. The Morgan fingerprint density at radius 1 is 0.400 bits per heavy atom. The lowest BCUT2D eigenvalue weighted by atomic mass is 9.74. The Balaban J connectivity index is 4.97. The first-order valence-electron chi connectivity index (χ1n) is 24.1. The molecule has 3 N–H and O–H groups in total. The molecule has 328 valence electrons. The van der Waals surface area contributed by atoms with Gasteiger partial charge in [-0.15, -0.1) is 0 Å². The number of nitrogens with zero attached hydrogens (tertiary/aromatic N) is 1. The first-order valence-corrected chi connectivity index (χ1v) is 24.1. The van der Waals surface area contributed by atoms with Crippen LogP contribution < -0.4 is 0 Å². The molecule has 0 bridgehead atoms. The minimum atomic E-state index is -0.565. The largest absolute Gasteiger partial charge is 0.481 e. The topological polar surface area (TPSA) is 107 Å². The molecule has 0 aromatic rings. The van der Waals surface area contributed by atoms with E-state index in [1.165, 1.54) is 77.0 Å². The number of carbonyl (C=O) groups is 2. The number of rotatable bonds is 45. The number of hydrogen-bond donors (Lipinski definition) is 3. The van der Waals surface area contributed by atoms with Crippen molar-refractivity contribution in [3.05, 3.63) is 0 Å². The Hall–Kier alpha value is -1.18. The Bertz CT molecular complexity index is 792. The van der Waals surface area contributed by atoms with Gasteiger partial charge in [0, 0.05) is 6.54 Å². The third-order valence-corrected chi connectivity index (χ3v) is 12.5. The number of carboxylic acid groups (broad SMARTS) is 2. The molecule has 7 nitrogen and oxygen atoms in total. The second-order valence-electron chi connectivity index (χ2n) is 17.3. The van der Waals surface area contributed by atoms with E-state index in [1.54, 1.807) is 0 Å². The number of ether oxygens (including phenoxy) is 1. The molecule has 55 heavy (non-hydrogen) atoms. The van der Waals surface area contributed by atoms with Crippen LogP contribution in [0.3, 0.4) is 0 Å². The van der Waals surface area contributed by atoms with Crippen molar-refractivity contribution in [2.75, 3.05) is 39.5 Å². The van der Waals surface area contributed by atoms with Crippen LogP contribution in [0, 0.1) is 10.8 Å². The van der Waals surface area contributed by atoms with Crippen LogP contribution in [0.15, 0.2) is 0 Å². The quantitative estimate of drug-likeness (QED) is 0.0528. The van der Waals surface area contributed by atoms with Crippen LogP contribution in [0.5, 0.6) is 0 Å². The summed E-state index contributed by atoms with van der Waals surface area (Å²) in [7, 11) is 0. The molecule has 0 aromatic heterocycles. The second kappa shape index (κ2) is 38.3. The van der Waals surface area contributed by atoms with Crippen molar-refractivity contribution in [3.8, 4) is 0 Å². The number of aliphatic carboxylic acids is 2. The van der Waals surface area contributed by atoms with Crippen LogP contribution in [-0.2, 0) is 14.3 Å². The van der Waals surface area contributed by atoms with Gasteiger partial charge in [0.2, 0.25) is 0 Å². The molecule has 0 aliphatic rings. The Morgan fingerprint density at radius 2 is 0.673 bits per heavy atom. The number of carboxylic acids is 2. The van der Waals surface area contributed by atoms with Gasteiger partial charge in [-0.2, -0.15) is 0 Å². The molecule has 0 spiro atoms. The van der Waals surface area contributed by atoms with Crippen LogP contribution in [0.1, 0.15) is 246 Å². The summed E-state index contributed by atoms with van der Waals surface area (Å²) < 4.78 is 5.63. The van der Waals surface area contributed by atoms with E-state index in [-0.39, 0.29) is 6.61 Å². The molecular formula is C48H95NO6. The zero-order valence-electron chi connectivity index (χ0n) is 37.3. The summed E-state index contributed by atoms with van der Waals surface area (Å²) in [6.07, 6.45) is 37.0. The summed E-state index contributed by atoms with van der Waals surface area (Å²) in [5.74, 6) is -1.13. The molecule has 0 saturated heterocycles. The molecule has 0 heterocycles. The average Bonchev–Trinajstić information content (AvgIpc) is 3.17. The third kappa shape index (κ3) is 28.8. The molecule has 0 saturated carbocycles. The molecular weight excluding hydrogens is 687 g/mol. The van der Waals surface area contributed by atoms with Crippen LogP contribution in [0.2, 0.25) is 0 Å². The van der Waals surface area contributed by atoms with Gasteiger partial charge < -0.3 is 25.0 Å². The lowest BCUT2D eigenvalue weighted by Crippen LogP contribution is -2.31. The van der Waals surface area contributed by atoms with Crippen molar-refractivity contribution in [2.24, 2.45) is 10.8 Å². The standard InChI is InChI=1S/C48H95NO6/c1-5-9-13-17-19-27-35-47(45(51)52,33-25-15-11-7-3)37-29-21-23-31-39-49(41-43-55-44-42-50)40-32-24-22-30-38-48(46(53)54,34-26-16-12-8-4)36-28-20-18-14-10-6-2/h50H,5-44H2,1-4H3,(H,51,52)(H,53,54). The number of unbranched alkanes of at least 4 members (excludes halogenated alkanes) is 22. The zero-order valence-corrected chi connectivity index (χ0v) is 37.3. The van der Waals surface area contributed by atoms with E-state index in [1.807, 2.05) is 0 Å². The van der Waals surface area contributed by atoms with Crippen molar-refractivity contribution < 1.29 is 29.6 Å². The van der Waals surface area contributed by atoms with E-state index in [4.69, 9.17) is 4.74 Å². The Labute approximate surface area is 341 Å². The highest BCUT2D eigenvalue weighted by molar-refractivity contribution is 5.75. The van der Waals surface area contributed by atoms with Crippen molar-refractivity contribution in [1.82, 2.24) is 4.90 Å². The van der Waals surface area contributed by atoms with Gasteiger partial charge in [-0.25, -0.2) is 0 Å². The fourth-order valence-corrected chi connectivity index (χ4v) is 8.66. The molecule has 0 amide bonds. The molecule has 0 fully saturated rings. The molecule has 0 radical (unpaired) electrons. The van der Waals surface area contributed by atoms with Crippen LogP contribution in [-0.4, -0.2) is 71.6 Å². The Kier molecular flexibility index (Phi) is 37.5. The highest BCUT2D eigenvalue weighted by Crippen LogP contribution is 2.39. The summed E-state index contributed by atoms with van der Waals surface area (Å²) in [5.41, 5.74) is -1.11. The second-order valence-corrected chi connectivity index (χ2v) is 17.3. The minimum absolute atomic E-state index is 0.0462. The first-order chi connectivity index (χ1) is 26.8. The first kappa shape index (κ1) is 53.8. The molecule has 2 atom stereocenters. The van der Waals surface area contributed by atoms with Crippen LogP contribution in [0.25, 0.3) is 0 Å². The fraction of sp³-hybridized carbons (Fsp3) is 0.958. The molecule has 7 heteroatoms. The van der Waals surface area contributed by atoms with E-state index in [9.17, 15) is 24.9 Å².